The molecule has 1 saturated carbocycles. The average molecular weight is 212 g/mol. The van der Waals surface area contributed by atoms with Gasteiger partial charge in [0.25, 0.3) is 0 Å². The predicted molar refractivity (Wildman–Crippen MR) is 59.4 cm³/mol. The molecular weight excluding hydrogens is 196 g/mol. The molecule has 0 bridgehead atoms. The lowest BCUT2D eigenvalue weighted by Crippen LogP contribution is -2.23. The summed E-state index contributed by atoms with van der Waals surface area (Å²) < 4.78 is 3.94. The van der Waals surface area contributed by atoms with Gasteiger partial charge in [0.15, 0.2) is 0 Å². The second kappa shape index (κ2) is 4.13. The minimum atomic E-state index is 0.371. The molecule has 1 fully saturated rings. The normalized spacial score (nSPS) is 19.8. The Balaban J connectivity index is 1.90. The third-order valence-corrected chi connectivity index (χ3v) is 3.56. The molecule has 14 heavy (non-hydrogen) atoms. The van der Waals surface area contributed by atoms with Crippen LogP contribution in [0, 0.1) is 5.92 Å². The number of hydrogen-bond donors (Lipinski definition) is 2. The van der Waals surface area contributed by atoms with Gasteiger partial charge in [0.05, 0.1) is 0 Å². The molecule has 1 aromatic heterocycles. The van der Waals surface area contributed by atoms with Crippen LogP contribution in [0.25, 0.3) is 0 Å². The van der Waals surface area contributed by atoms with Gasteiger partial charge in [0, 0.05) is 17.6 Å². The van der Waals surface area contributed by atoms with Crippen LogP contribution in [0.5, 0.6) is 0 Å². The summed E-state index contributed by atoms with van der Waals surface area (Å²) >= 11 is 1.34. The first-order valence-electron chi connectivity index (χ1n) is 5.11. The molecule has 3 N–H and O–H groups in total. The van der Waals surface area contributed by atoms with E-state index in [-0.39, 0.29) is 0 Å². The zero-order valence-corrected chi connectivity index (χ0v) is 9.18. The zero-order valence-electron chi connectivity index (χ0n) is 8.36. The van der Waals surface area contributed by atoms with Gasteiger partial charge in [-0.25, -0.2) is 0 Å². The van der Waals surface area contributed by atoms with Crippen LogP contribution in [0.15, 0.2) is 0 Å². The van der Waals surface area contributed by atoms with E-state index in [2.05, 4.69) is 21.6 Å². The Hall–Kier alpha value is -0.840. The lowest BCUT2D eigenvalue weighted by atomic mass is 10.0. The van der Waals surface area contributed by atoms with Gasteiger partial charge in [-0.2, -0.15) is 9.36 Å². The molecule has 0 amide bonds. The number of nitrogen functional groups attached to an aromatic ring is 1. The Morgan fingerprint density at radius 1 is 1.50 bits per heavy atom. The van der Waals surface area contributed by atoms with Crippen molar-refractivity contribution in [3.63, 3.8) is 0 Å². The van der Waals surface area contributed by atoms with Gasteiger partial charge >= 0.3 is 0 Å². The second-order valence-corrected chi connectivity index (χ2v) is 4.69. The summed E-state index contributed by atoms with van der Waals surface area (Å²) in [5.74, 6) is 1.16. The van der Waals surface area contributed by atoms with E-state index in [0.717, 1.165) is 11.0 Å². The lowest BCUT2D eigenvalue weighted by molar-refractivity contribution is 0.482. The van der Waals surface area contributed by atoms with Gasteiger partial charge in [-0.3, -0.25) is 0 Å². The van der Waals surface area contributed by atoms with Crippen LogP contribution in [0.2, 0.25) is 0 Å². The van der Waals surface area contributed by atoms with Gasteiger partial charge in [0.1, 0.15) is 0 Å². The van der Waals surface area contributed by atoms with Crippen molar-refractivity contribution in [3.8, 4) is 0 Å². The van der Waals surface area contributed by atoms with Gasteiger partial charge in [-0.15, -0.1) is 0 Å². The maximum Gasteiger partial charge on any atom is 0.233 e. The molecule has 1 atom stereocenters. The van der Waals surface area contributed by atoms with E-state index in [1.54, 1.807) is 0 Å². The summed E-state index contributed by atoms with van der Waals surface area (Å²) in [6.07, 6.45) is 5.41. The topological polar surface area (TPSA) is 63.8 Å². The van der Waals surface area contributed by atoms with Crippen LogP contribution in [-0.4, -0.2) is 15.4 Å². The molecule has 0 saturated heterocycles. The highest BCUT2D eigenvalue weighted by Gasteiger charge is 2.21. The van der Waals surface area contributed by atoms with Gasteiger partial charge < -0.3 is 11.1 Å². The highest BCUT2D eigenvalue weighted by Crippen LogP contribution is 2.29. The standard InChI is InChI=1S/C9H16N4S/c1-6(7-4-2-3-5-7)11-9-12-8(10)13-14-9/h6-7H,2-5H2,1H3,(H3,10,11,12,13)/t6-/m1/s1. The van der Waals surface area contributed by atoms with Crippen molar-refractivity contribution in [1.29, 1.82) is 0 Å². The third-order valence-electron chi connectivity index (χ3n) is 2.90. The molecule has 0 spiro atoms. The van der Waals surface area contributed by atoms with E-state index >= 15 is 0 Å². The summed E-state index contributed by atoms with van der Waals surface area (Å²) in [6, 6.07) is 0.491. The Morgan fingerprint density at radius 3 is 2.79 bits per heavy atom. The van der Waals surface area contributed by atoms with Crippen molar-refractivity contribution in [2.75, 3.05) is 11.1 Å². The number of aromatic nitrogens is 2. The number of nitrogens with two attached hydrogens (primary N) is 1. The Bertz CT molecular complexity index is 293. The van der Waals surface area contributed by atoms with Crippen LogP contribution in [0.3, 0.4) is 0 Å². The fourth-order valence-electron chi connectivity index (χ4n) is 2.06. The van der Waals surface area contributed by atoms with Crippen molar-refractivity contribution < 1.29 is 0 Å². The molecule has 0 aromatic carbocycles. The van der Waals surface area contributed by atoms with Crippen molar-refractivity contribution in [2.45, 2.75) is 38.6 Å². The molecule has 78 valence electrons. The van der Waals surface area contributed by atoms with Gasteiger partial charge in [-0.05, 0) is 25.7 Å². The van der Waals surface area contributed by atoms with Crippen molar-refractivity contribution in [3.05, 3.63) is 0 Å². The number of nitrogens with zero attached hydrogens (tertiary/aromatic N) is 2. The maximum atomic E-state index is 5.46. The summed E-state index contributed by atoms with van der Waals surface area (Å²) in [6.45, 7) is 2.22. The van der Waals surface area contributed by atoms with Gasteiger partial charge in [-0.1, -0.05) is 12.8 Å². The largest absolute Gasteiger partial charge is 0.367 e. The minimum absolute atomic E-state index is 0.371. The van der Waals surface area contributed by atoms with E-state index < -0.39 is 0 Å². The Morgan fingerprint density at radius 2 is 2.21 bits per heavy atom. The van der Waals surface area contributed by atoms with Crippen molar-refractivity contribution >= 4 is 22.6 Å². The molecule has 4 nitrogen and oxygen atoms in total. The summed E-state index contributed by atoms with van der Waals surface area (Å²) in [7, 11) is 0. The monoisotopic (exact) mass is 212 g/mol. The SMILES string of the molecule is C[C@@H](Nc1nc(N)ns1)C1CCCC1. The molecule has 1 aliphatic rings. The summed E-state index contributed by atoms with van der Waals surface area (Å²) in [5.41, 5.74) is 5.46. The molecule has 0 radical (unpaired) electrons. The predicted octanol–water partition coefficient (Wildman–Crippen LogP) is 2.11. The van der Waals surface area contributed by atoms with Crippen molar-refractivity contribution in [2.24, 2.45) is 5.92 Å². The zero-order chi connectivity index (χ0) is 9.97. The first-order valence-corrected chi connectivity index (χ1v) is 5.89. The van der Waals surface area contributed by atoms with E-state index in [9.17, 15) is 0 Å². The summed E-state index contributed by atoms with van der Waals surface area (Å²) in [4.78, 5) is 4.10. The molecule has 0 aliphatic heterocycles. The van der Waals surface area contributed by atoms with E-state index in [1.165, 1.54) is 37.2 Å². The second-order valence-electron chi connectivity index (χ2n) is 3.94. The highest BCUT2D eigenvalue weighted by atomic mass is 32.1. The molecule has 2 rings (SSSR count). The minimum Gasteiger partial charge on any atom is -0.367 e. The number of hydrogen-bond acceptors (Lipinski definition) is 5. The molecular formula is C9H16N4S. The Kier molecular flexibility index (Phi) is 2.86. The van der Waals surface area contributed by atoms with E-state index in [0.29, 0.717) is 12.0 Å². The van der Waals surface area contributed by atoms with Crippen LogP contribution in [0.4, 0.5) is 11.1 Å². The number of rotatable bonds is 3. The van der Waals surface area contributed by atoms with Gasteiger partial charge in [0.2, 0.25) is 11.1 Å². The molecule has 5 heteroatoms. The molecule has 1 aromatic rings. The smallest absolute Gasteiger partial charge is 0.233 e. The van der Waals surface area contributed by atoms with E-state index in [4.69, 9.17) is 5.73 Å². The average Bonchev–Trinajstić information content (AvgIpc) is 2.75. The summed E-state index contributed by atoms with van der Waals surface area (Å²) in [5, 5.41) is 4.22. The first-order chi connectivity index (χ1) is 6.75. The Labute approximate surface area is 88.1 Å². The quantitative estimate of drug-likeness (QED) is 0.805. The highest BCUT2D eigenvalue weighted by molar-refractivity contribution is 7.09. The lowest BCUT2D eigenvalue weighted by Gasteiger charge is -2.19. The van der Waals surface area contributed by atoms with Crippen LogP contribution < -0.4 is 11.1 Å². The first kappa shape index (κ1) is 9.71. The molecule has 0 unspecified atom stereocenters. The fourth-order valence-corrected chi connectivity index (χ4v) is 2.66. The van der Waals surface area contributed by atoms with Crippen LogP contribution >= 0.6 is 11.5 Å². The molecule has 1 heterocycles. The maximum absolute atomic E-state index is 5.46. The van der Waals surface area contributed by atoms with E-state index in [1.807, 2.05) is 0 Å². The van der Waals surface area contributed by atoms with Crippen molar-refractivity contribution in [1.82, 2.24) is 9.36 Å². The number of nitrogens with one attached hydrogen (secondary N) is 1. The molecule has 1 aliphatic carbocycles. The van der Waals surface area contributed by atoms with Crippen LogP contribution in [-0.2, 0) is 0 Å². The van der Waals surface area contributed by atoms with Crippen LogP contribution in [0.1, 0.15) is 32.6 Å². The fraction of sp³-hybridized carbons (Fsp3) is 0.778. The number of anilines is 2. The third kappa shape index (κ3) is 2.15.